The summed E-state index contributed by atoms with van der Waals surface area (Å²) in [6.07, 6.45) is 0. The number of carbonyl (C=O) groups is 3. The van der Waals surface area contributed by atoms with Gasteiger partial charge in [0.1, 0.15) is 5.75 Å². The first kappa shape index (κ1) is 21.7. The molecule has 0 saturated carbocycles. The highest BCUT2D eigenvalue weighted by atomic mass is 32.1. The number of amides is 2. The highest BCUT2D eigenvalue weighted by molar-refractivity contribution is 7.80. The van der Waals surface area contributed by atoms with Crippen molar-refractivity contribution >= 4 is 45.9 Å². The molecule has 0 saturated heterocycles. The molecule has 0 spiro atoms. The van der Waals surface area contributed by atoms with E-state index in [1.807, 2.05) is 36.4 Å². The predicted octanol–water partition coefficient (Wildman–Crippen LogP) is 2.34. The van der Waals surface area contributed by atoms with Gasteiger partial charge >= 0.3 is 5.97 Å². The molecule has 3 aromatic carbocycles. The number of rotatable bonds is 5. The Hall–Kier alpha value is -3.98. The minimum absolute atomic E-state index is 0.118. The molecule has 0 bridgehead atoms. The summed E-state index contributed by atoms with van der Waals surface area (Å²) < 4.78 is 10.1. The molecule has 0 aliphatic rings. The smallest absolute Gasteiger partial charge is 0.337 e. The van der Waals surface area contributed by atoms with Gasteiger partial charge in [-0.1, -0.05) is 36.4 Å². The zero-order valence-corrected chi connectivity index (χ0v) is 17.3. The molecule has 3 rings (SSSR count). The molecule has 0 aromatic heterocycles. The summed E-state index contributed by atoms with van der Waals surface area (Å²) in [5, 5.41) is 4.35. The summed E-state index contributed by atoms with van der Waals surface area (Å²) in [5.41, 5.74) is 5.20. The number of esters is 1. The molecule has 158 valence electrons. The quantitative estimate of drug-likeness (QED) is 0.320. The van der Waals surface area contributed by atoms with Gasteiger partial charge in [-0.2, -0.15) is 0 Å². The molecule has 0 aliphatic heterocycles. The average Bonchev–Trinajstić information content (AvgIpc) is 2.80. The summed E-state index contributed by atoms with van der Waals surface area (Å²) in [4.78, 5) is 35.8. The van der Waals surface area contributed by atoms with E-state index in [0.717, 1.165) is 10.8 Å². The van der Waals surface area contributed by atoms with Crippen LogP contribution >= 0.6 is 12.2 Å². The van der Waals surface area contributed by atoms with Crippen molar-refractivity contribution in [3.05, 3.63) is 77.9 Å². The first-order chi connectivity index (χ1) is 15.0. The van der Waals surface area contributed by atoms with Gasteiger partial charge in [-0.05, 0) is 53.3 Å². The van der Waals surface area contributed by atoms with Crippen molar-refractivity contribution in [3.63, 3.8) is 0 Å². The van der Waals surface area contributed by atoms with E-state index in [9.17, 15) is 14.4 Å². The maximum Gasteiger partial charge on any atom is 0.337 e. The molecule has 0 fully saturated rings. The molecular formula is C22H19N3O5S. The van der Waals surface area contributed by atoms with Gasteiger partial charge in [-0.25, -0.2) is 4.79 Å². The Kier molecular flexibility index (Phi) is 7.13. The molecule has 31 heavy (non-hydrogen) atoms. The number of fused-ring (bicyclic) bond motifs is 1. The highest BCUT2D eigenvalue weighted by Gasteiger charge is 2.12. The second-order valence-electron chi connectivity index (χ2n) is 6.33. The van der Waals surface area contributed by atoms with E-state index < -0.39 is 17.8 Å². The third-order valence-electron chi connectivity index (χ3n) is 4.18. The molecule has 2 amide bonds. The van der Waals surface area contributed by atoms with Crippen molar-refractivity contribution in [1.29, 1.82) is 0 Å². The Morgan fingerprint density at radius 1 is 0.871 bits per heavy atom. The lowest BCUT2D eigenvalue weighted by molar-refractivity contribution is -0.123. The molecule has 0 unspecified atom stereocenters. The summed E-state index contributed by atoms with van der Waals surface area (Å²) in [6, 6.07) is 19.3. The van der Waals surface area contributed by atoms with E-state index >= 15 is 0 Å². The van der Waals surface area contributed by atoms with Crippen molar-refractivity contribution in [2.45, 2.75) is 0 Å². The largest absolute Gasteiger partial charge is 0.484 e. The van der Waals surface area contributed by atoms with Gasteiger partial charge in [0.2, 0.25) is 0 Å². The zero-order chi connectivity index (χ0) is 22.2. The molecule has 9 heteroatoms. The van der Waals surface area contributed by atoms with E-state index in [0.29, 0.717) is 5.75 Å². The van der Waals surface area contributed by atoms with Crippen LogP contribution in [0.15, 0.2) is 66.7 Å². The maximum absolute atomic E-state index is 12.3. The number of ether oxygens (including phenoxy) is 2. The lowest BCUT2D eigenvalue weighted by Gasteiger charge is -2.12. The minimum Gasteiger partial charge on any atom is -0.484 e. The van der Waals surface area contributed by atoms with Gasteiger partial charge in [0.05, 0.1) is 12.7 Å². The van der Waals surface area contributed by atoms with Crippen LogP contribution < -0.4 is 20.9 Å². The summed E-state index contributed by atoms with van der Waals surface area (Å²) in [6.45, 7) is -0.247. The first-order valence-electron chi connectivity index (χ1n) is 9.16. The fraction of sp³-hybridized carbons (Fsp3) is 0.0909. The minimum atomic E-state index is -0.561. The van der Waals surface area contributed by atoms with E-state index in [1.165, 1.54) is 25.3 Å². The van der Waals surface area contributed by atoms with E-state index in [-0.39, 0.29) is 22.8 Å². The maximum atomic E-state index is 12.3. The van der Waals surface area contributed by atoms with Crippen LogP contribution in [0, 0.1) is 0 Å². The summed E-state index contributed by atoms with van der Waals surface area (Å²) >= 11 is 5.00. The van der Waals surface area contributed by atoms with Crippen LogP contribution in [0.3, 0.4) is 0 Å². The van der Waals surface area contributed by atoms with Gasteiger partial charge in [-0.15, -0.1) is 0 Å². The molecule has 8 nitrogen and oxygen atoms in total. The molecule has 0 atom stereocenters. The van der Waals surface area contributed by atoms with Crippen molar-refractivity contribution in [1.82, 2.24) is 16.2 Å². The van der Waals surface area contributed by atoms with Crippen LogP contribution in [0.2, 0.25) is 0 Å². The van der Waals surface area contributed by atoms with Crippen LogP contribution in [0.5, 0.6) is 5.75 Å². The molecule has 0 aliphatic carbocycles. The van der Waals surface area contributed by atoms with E-state index in [4.69, 9.17) is 17.0 Å². The fourth-order valence-electron chi connectivity index (χ4n) is 2.68. The van der Waals surface area contributed by atoms with Crippen LogP contribution in [-0.4, -0.2) is 36.6 Å². The van der Waals surface area contributed by atoms with Crippen LogP contribution in [0.25, 0.3) is 10.8 Å². The van der Waals surface area contributed by atoms with Gasteiger partial charge < -0.3 is 9.47 Å². The molecule has 0 heterocycles. The van der Waals surface area contributed by atoms with E-state index in [2.05, 4.69) is 20.9 Å². The molecule has 0 radical (unpaired) electrons. The number of methoxy groups -OCH3 is 1. The lowest BCUT2D eigenvalue weighted by atomic mass is 10.1. The van der Waals surface area contributed by atoms with Crippen LogP contribution in [-0.2, 0) is 9.53 Å². The van der Waals surface area contributed by atoms with Gasteiger partial charge in [0.15, 0.2) is 11.7 Å². The number of hydrazine groups is 1. The van der Waals surface area contributed by atoms with Crippen molar-refractivity contribution in [3.8, 4) is 5.75 Å². The predicted molar refractivity (Wildman–Crippen MR) is 119 cm³/mol. The summed E-state index contributed by atoms with van der Waals surface area (Å²) in [5.74, 6) is -1.05. The van der Waals surface area contributed by atoms with Crippen molar-refractivity contribution in [2.75, 3.05) is 13.7 Å². The van der Waals surface area contributed by atoms with Crippen molar-refractivity contribution in [2.24, 2.45) is 0 Å². The van der Waals surface area contributed by atoms with Gasteiger partial charge in [0, 0.05) is 5.56 Å². The summed E-state index contributed by atoms with van der Waals surface area (Å²) in [7, 11) is 1.25. The van der Waals surface area contributed by atoms with E-state index in [1.54, 1.807) is 12.1 Å². The number of nitrogens with one attached hydrogen (secondary N) is 3. The number of hydrogen-bond acceptors (Lipinski definition) is 6. The highest BCUT2D eigenvalue weighted by Crippen LogP contribution is 2.20. The molecule has 3 aromatic rings. The van der Waals surface area contributed by atoms with Crippen LogP contribution in [0.1, 0.15) is 20.7 Å². The zero-order valence-electron chi connectivity index (χ0n) is 16.5. The second-order valence-corrected chi connectivity index (χ2v) is 6.73. The van der Waals surface area contributed by atoms with Crippen molar-refractivity contribution < 1.29 is 23.9 Å². The van der Waals surface area contributed by atoms with Gasteiger partial charge in [0.25, 0.3) is 11.8 Å². The Morgan fingerprint density at radius 2 is 1.61 bits per heavy atom. The second kappa shape index (κ2) is 10.2. The number of carbonyl (C=O) groups excluding carboxylic acids is 3. The van der Waals surface area contributed by atoms with Crippen LogP contribution in [0.4, 0.5) is 0 Å². The molecular weight excluding hydrogens is 418 g/mol. The topological polar surface area (TPSA) is 106 Å². The molecule has 3 N–H and O–H groups in total. The third-order valence-corrected chi connectivity index (χ3v) is 4.38. The number of hydrogen-bond donors (Lipinski definition) is 3. The third kappa shape index (κ3) is 6.00. The normalized spacial score (nSPS) is 10.1. The fourth-order valence-corrected chi connectivity index (χ4v) is 2.82. The monoisotopic (exact) mass is 437 g/mol. The average molecular weight is 437 g/mol. The van der Waals surface area contributed by atoms with Gasteiger partial charge in [-0.3, -0.25) is 25.8 Å². The standard InChI is InChI=1S/C22H19N3O5S/c1-29-21(28)17-8-4-7-16(11-17)20(27)23-22(31)25-24-19(26)13-30-18-10-9-14-5-2-3-6-15(14)12-18/h2-12H,13H2,1H3,(H,24,26)(H2,23,25,27,31). The Balaban J connectivity index is 1.46. The number of thiocarbonyl (C=S) groups is 1. The SMILES string of the molecule is COC(=O)c1cccc(C(=O)NC(=S)NNC(=O)COc2ccc3ccccc3c2)c1. The Morgan fingerprint density at radius 3 is 2.39 bits per heavy atom. The number of benzene rings is 3. The first-order valence-corrected chi connectivity index (χ1v) is 9.57. The Labute approximate surface area is 183 Å². The Bertz CT molecular complexity index is 1150. The lowest BCUT2D eigenvalue weighted by Crippen LogP contribution is -2.49.